The summed E-state index contributed by atoms with van der Waals surface area (Å²) < 4.78 is 15.8. The normalized spacial score (nSPS) is 10.2. The predicted molar refractivity (Wildman–Crippen MR) is 114 cm³/mol. The summed E-state index contributed by atoms with van der Waals surface area (Å²) in [5, 5.41) is 17.6. The maximum Gasteiger partial charge on any atom is 0.341 e. The van der Waals surface area contributed by atoms with Gasteiger partial charge < -0.3 is 24.4 Å². The molecule has 0 aliphatic rings. The molecule has 0 amide bonds. The number of carboxylic acids is 2. The zero-order chi connectivity index (χ0) is 22.9. The number of benzene rings is 3. The maximum absolute atomic E-state index is 12.6. The van der Waals surface area contributed by atoms with E-state index in [9.17, 15) is 14.4 Å². The summed E-state index contributed by atoms with van der Waals surface area (Å²) >= 11 is 0. The molecular formula is C24H20O8. The monoisotopic (exact) mass is 436 g/mol. The molecule has 8 heteroatoms. The van der Waals surface area contributed by atoms with Crippen LogP contribution in [0, 0.1) is 0 Å². The van der Waals surface area contributed by atoms with Crippen LogP contribution in [0.1, 0.15) is 15.9 Å². The largest absolute Gasteiger partial charge is 0.482 e. The molecule has 0 atom stereocenters. The molecule has 3 aromatic carbocycles. The average Bonchev–Trinajstić information content (AvgIpc) is 2.80. The number of aliphatic carboxylic acids is 2. The Balaban J connectivity index is 1.82. The minimum Gasteiger partial charge on any atom is -0.482 e. The van der Waals surface area contributed by atoms with E-state index >= 15 is 0 Å². The fourth-order valence-corrected chi connectivity index (χ4v) is 2.81. The highest BCUT2D eigenvalue weighted by Gasteiger charge is 2.13. The molecule has 0 saturated carbocycles. The van der Waals surface area contributed by atoms with Crippen molar-refractivity contribution < 1.29 is 38.8 Å². The van der Waals surface area contributed by atoms with Gasteiger partial charge in [-0.3, -0.25) is 0 Å². The van der Waals surface area contributed by atoms with Crippen LogP contribution in [0.4, 0.5) is 0 Å². The van der Waals surface area contributed by atoms with E-state index in [0.29, 0.717) is 16.9 Å². The molecule has 3 rings (SSSR count). The average molecular weight is 436 g/mol. The first-order valence-electron chi connectivity index (χ1n) is 9.56. The van der Waals surface area contributed by atoms with Crippen LogP contribution in [0.3, 0.4) is 0 Å². The standard InChI is InChI=1S/C24H20O8/c25-22(26)14-30-20-8-6-17(7-9-20)18-10-19(12-21(11-18)31-15-23(27)28)24(29)32-13-16-4-2-1-3-5-16/h1-12H,13-15H2,(H,25,26)(H,27,28). The number of carbonyl (C=O) groups excluding carboxylic acids is 1. The quantitative estimate of drug-likeness (QED) is 0.463. The number of hydrogen-bond donors (Lipinski definition) is 2. The summed E-state index contributed by atoms with van der Waals surface area (Å²) in [5.74, 6) is -2.25. The summed E-state index contributed by atoms with van der Waals surface area (Å²) in [4.78, 5) is 34.1. The lowest BCUT2D eigenvalue weighted by atomic mass is 10.0. The van der Waals surface area contributed by atoms with E-state index in [-0.39, 0.29) is 17.9 Å². The van der Waals surface area contributed by atoms with E-state index in [0.717, 1.165) is 5.56 Å². The molecule has 0 spiro atoms. The predicted octanol–water partition coefficient (Wildman–Crippen LogP) is 3.64. The van der Waals surface area contributed by atoms with Crippen molar-refractivity contribution in [2.45, 2.75) is 6.61 Å². The van der Waals surface area contributed by atoms with Gasteiger partial charge in [0.1, 0.15) is 18.1 Å². The summed E-state index contributed by atoms with van der Waals surface area (Å²) in [6.07, 6.45) is 0. The summed E-state index contributed by atoms with van der Waals surface area (Å²) in [6.45, 7) is -0.940. The van der Waals surface area contributed by atoms with Gasteiger partial charge in [-0.1, -0.05) is 42.5 Å². The molecule has 0 heterocycles. The highest BCUT2D eigenvalue weighted by atomic mass is 16.5. The van der Waals surface area contributed by atoms with Gasteiger partial charge in [-0.25, -0.2) is 14.4 Å². The van der Waals surface area contributed by atoms with Crippen molar-refractivity contribution >= 4 is 17.9 Å². The molecule has 3 aromatic rings. The van der Waals surface area contributed by atoms with Gasteiger partial charge in [-0.15, -0.1) is 0 Å². The first-order valence-corrected chi connectivity index (χ1v) is 9.56. The smallest absolute Gasteiger partial charge is 0.341 e. The Kier molecular flexibility index (Phi) is 7.42. The van der Waals surface area contributed by atoms with Gasteiger partial charge in [0.25, 0.3) is 0 Å². The molecule has 0 radical (unpaired) electrons. The minimum atomic E-state index is -1.15. The Morgan fingerprint density at radius 1 is 0.688 bits per heavy atom. The van der Waals surface area contributed by atoms with Gasteiger partial charge in [0.2, 0.25) is 0 Å². The molecular weight excluding hydrogens is 416 g/mol. The molecule has 0 saturated heterocycles. The van der Waals surface area contributed by atoms with E-state index in [1.807, 2.05) is 30.3 Å². The number of rotatable bonds is 10. The van der Waals surface area contributed by atoms with Crippen molar-refractivity contribution in [1.29, 1.82) is 0 Å². The van der Waals surface area contributed by atoms with Crippen molar-refractivity contribution in [2.24, 2.45) is 0 Å². The highest BCUT2D eigenvalue weighted by molar-refractivity contribution is 5.92. The van der Waals surface area contributed by atoms with E-state index in [2.05, 4.69) is 0 Å². The van der Waals surface area contributed by atoms with Crippen LogP contribution in [-0.4, -0.2) is 41.3 Å². The summed E-state index contributed by atoms with van der Waals surface area (Å²) in [6, 6.07) is 20.4. The highest BCUT2D eigenvalue weighted by Crippen LogP contribution is 2.28. The molecule has 2 N–H and O–H groups in total. The van der Waals surface area contributed by atoms with Gasteiger partial charge in [-0.2, -0.15) is 0 Å². The molecule has 0 aromatic heterocycles. The van der Waals surface area contributed by atoms with Crippen LogP contribution in [0.2, 0.25) is 0 Å². The second-order valence-corrected chi connectivity index (χ2v) is 6.70. The molecule has 0 unspecified atom stereocenters. The van der Waals surface area contributed by atoms with Crippen LogP contribution in [0.15, 0.2) is 72.8 Å². The maximum atomic E-state index is 12.6. The Bertz CT molecular complexity index is 1090. The Morgan fingerprint density at radius 2 is 1.31 bits per heavy atom. The zero-order valence-electron chi connectivity index (χ0n) is 16.9. The Morgan fingerprint density at radius 3 is 1.94 bits per heavy atom. The van der Waals surface area contributed by atoms with E-state index in [4.69, 9.17) is 24.4 Å². The number of hydrogen-bond acceptors (Lipinski definition) is 6. The van der Waals surface area contributed by atoms with Gasteiger partial charge in [0, 0.05) is 0 Å². The van der Waals surface area contributed by atoms with Gasteiger partial charge in [-0.05, 0) is 47.0 Å². The van der Waals surface area contributed by atoms with Crippen molar-refractivity contribution in [2.75, 3.05) is 13.2 Å². The lowest BCUT2D eigenvalue weighted by molar-refractivity contribution is -0.140. The lowest BCUT2D eigenvalue weighted by Crippen LogP contribution is -2.11. The van der Waals surface area contributed by atoms with Crippen LogP contribution < -0.4 is 9.47 Å². The zero-order valence-corrected chi connectivity index (χ0v) is 16.9. The van der Waals surface area contributed by atoms with E-state index in [1.54, 1.807) is 36.4 Å². The van der Waals surface area contributed by atoms with Crippen LogP contribution >= 0.6 is 0 Å². The number of carboxylic acid groups (broad SMARTS) is 2. The SMILES string of the molecule is O=C(O)COc1ccc(-c2cc(OCC(=O)O)cc(C(=O)OCc3ccccc3)c2)cc1. The molecule has 32 heavy (non-hydrogen) atoms. The minimum absolute atomic E-state index is 0.0881. The fourth-order valence-electron chi connectivity index (χ4n) is 2.81. The molecule has 164 valence electrons. The van der Waals surface area contributed by atoms with Gasteiger partial charge in [0.15, 0.2) is 13.2 Å². The third kappa shape index (κ3) is 6.60. The van der Waals surface area contributed by atoms with Gasteiger partial charge in [0.05, 0.1) is 5.56 Å². The van der Waals surface area contributed by atoms with Crippen molar-refractivity contribution in [1.82, 2.24) is 0 Å². The molecule has 0 aliphatic heterocycles. The first kappa shape index (κ1) is 22.4. The molecule has 0 fully saturated rings. The fraction of sp³-hybridized carbons (Fsp3) is 0.125. The number of esters is 1. The second kappa shape index (κ2) is 10.6. The lowest BCUT2D eigenvalue weighted by Gasteiger charge is -2.11. The second-order valence-electron chi connectivity index (χ2n) is 6.70. The topological polar surface area (TPSA) is 119 Å². The van der Waals surface area contributed by atoms with Crippen molar-refractivity contribution in [3.63, 3.8) is 0 Å². The van der Waals surface area contributed by atoms with Crippen LogP contribution in [0.25, 0.3) is 11.1 Å². The van der Waals surface area contributed by atoms with Crippen molar-refractivity contribution in [3.8, 4) is 22.6 Å². The van der Waals surface area contributed by atoms with Crippen molar-refractivity contribution in [3.05, 3.63) is 83.9 Å². The van der Waals surface area contributed by atoms with E-state index in [1.165, 1.54) is 6.07 Å². The molecule has 8 nitrogen and oxygen atoms in total. The Hall–Kier alpha value is -4.33. The summed E-state index contributed by atoms with van der Waals surface area (Å²) in [7, 11) is 0. The first-order chi connectivity index (χ1) is 15.4. The van der Waals surface area contributed by atoms with Gasteiger partial charge >= 0.3 is 17.9 Å². The van der Waals surface area contributed by atoms with Crippen LogP contribution in [0.5, 0.6) is 11.5 Å². The Labute approximate surface area is 183 Å². The number of ether oxygens (including phenoxy) is 3. The number of carbonyl (C=O) groups is 3. The van der Waals surface area contributed by atoms with Crippen LogP contribution in [-0.2, 0) is 20.9 Å². The third-order valence-electron chi connectivity index (χ3n) is 4.27. The third-order valence-corrected chi connectivity index (χ3v) is 4.27. The molecule has 0 aliphatic carbocycles. The van der Waals surface area contributed by atoms with E-state index < -0.39 is 31.1 Å². The molecule has 0 bridgehead atoms. The summed E-state index contributed by atoms with van der Waals surface area (Å²) in [5.41, 5.74) is 2.30.